The van der Waals surface area contributed by atoms with Crippen LogP contribution in [-0.4, -0.2) is 45.7 Å². The van der Waals surface area contributed by atoms with Gasteiger partial charge in [-0.2, -0.15) is 0 Å². The number of carbonyl (C=O) groups excluding carboxylic acids is 2. The number of hydrogen-bond donors (Lipinski definition) is 2. The van der Waals surface area contributed by atoms with Crippen molar-refractivity contribution in [1.82, 2.24) is 0 Å². The summed E-state index contributed by atoms with van der Waals surface area (Å²) in [4.78, 5) is 24.5. The van der Waals surface area contributed by atoms with Crippen molar-refractivity contribution in [3.05, 3.63) is 23.8 Å². The Balaban J connectivity index is 1.60. The molecule has 1 spiro atoms. The zero-order valence-corrected chi connectivity index (χ0v) is 16.2. The van der Waals surface area contributed by atoms with Crippen molar-refractivity contribution in [3.8, 4) is 0 Å². The summed E-state index contributed by atoms with van der Waals surface area (Å²) in [7, 11) is 0. The molecule has 27 heavy (non-hydrogen) atoms. The van der Waals surface area contributed by atoms with E-state index in [9.17, 15) is 19.8 Å². The molecule has 1 saturated heterocycles. The van der Waals surface area contributed by atoms with E-state index in [1.165, 1.54) is 0 Å². The molecule has 0 aromatic carbocycles. The number of ketones is 2. The third kappa shape index (κ3) is 1.73. The van der Waals surface area contributed by atoms with Crippen LogP contribution in [-0.2, 0) is 14.3 Å². The van der Waals surface area contributed by atoms with Gasteiger partial charge in [-0.05, 0) is 62.5 Å². The lowest BCUT2D eigenvalue weighted by molar-refractivity contribution is -0.165. The molecule has 1 aliphatic heterocycles. The van der Waals surface area contributed by atoms with Crippen LogP contribution in [0.3, 0.4) is 0 Å². The minimum atomic E-state index is -1.50. The Labute approximate surface area is 159 Å². The first-order valence-corrected chi connectivity index (χ1v) is 10.1. The molecule has 4 aliphatic carbocycles. The Bertz CT molecular complexity index is 814. The molecule has 8 atom stereocenters. The summed E-state index contributed by atoms with van der Waals surface area (Å²) in [6.45, 7) is 5.51. The lowest BCUT2D eigenvalue weighted by Crippen LogP contribution is -2.62. The van der Waals surface area contributed by atoms with Crippen molar-refractivity contribution in [1.29, 1.82) is 0 Å². The molecule has 5 aliphatic rings. The Morgan fingerprint density at radius 1 is 1.33 bits per heavy atom. The normalized spacial score (nSPS) is 55.1. The first-order chi connectivity index (χ1) is 12.6. The van der Waals surface area contributed by atoms with Crippen LogP contribution in [0.1, 0.15) is 46.5 Å². The standard InChI is InChI=1S/C22H28O5/c1-12-8-16-15-5-4-13-9-14(24)6-7-19(13,2)22(15)18(27-22)10-20(16,3)21(12,26)17(25)11-23/h6-7,9,12,15-16,18,23,26H,4-5,8,10-11H2,1-3H3/t12-,15-,16-,18-,19-,20-,21-,22+/m0/s1. The zero-order valence-electron chi connectivity index (χ0n) is 16.2. The van der Waals surface area contributed by atoms with E-state index in [-0.39, 0.29) is 40.7 Å². The number of carbonyl (C=O) groups is 2. The third-order valence-electron chi connectivity index (χ3n) is 9.08. The molecule has 146 valence electrons. The average molecular weight is 372 g/mol. The molecule has 1 heterocycles. The topological polar surface area (TPSA) is 87.1 Å². The number of hydrogen-bond acceptors (Lipinski definition) is 5. The molecule has 5 rings (SSSR count). The van der Waals surface area contributed by atoms with Gasteiger partial charge in [0.25, 0.3) is 0 Å². The van der Waals surface area contributed by atoms with Gasteiger partial charge in [-0.3, -0.25) is 9.59 Å². The molecular weight excluding hydrogens is 344 g/mol. The number of Topliss-reactive ketones (excluding diaryl/α,β-unsaturated/α-hetero) is 1. The lowest BCUT2D eigenvalue weighted by Gasteiger charge is -2.55. The number of fused-ring (bicyclic) bond motifs is 3. The molecule has 0 bridgehead atoms. The molecule has 0 radical (unpaired) electrons. The highest BCUT2D eigenvalue weighted by molar-refractivity contribution is 6.01. The fourth-order valence-corrected chi connectivity index (χ4v) is 7.70. The van der Waals surface area contributed by atoms with E-state index < -0.39 is 23.4 Å². The second-order valence-corrected chi connectivity index (χ2v) is 9.86. The van der Waals surface area contributed by atoms with Crippen molar-refractivity contribution in [3.63, 3.8) is 0 Å². The Morgan fingerprint density at radius 2 is 2.07 bits per heavy atom. The highest BCUT2D eigenvalue weighted by Gasteiger charge is 2.81. The number of ether oxygens (including phenoxy) is 1. The average Bonchev–Trinajstić information content (AvgIpc) is 3.31. The maximum atomic E-state index is 12.6. The summed E-state index contributed by atoms with van der Waals surface area (Å²) in [6.07, 6.45) is 8.58. The smallest absolute Gasteiger partial charge is 0.190 e. The van der Waals surface area contributed by atoms with Gasteiger partial charge in [0.2, 0.25) is 0 Å². The van der Waals surface area contributed by atoms with Gasteiger partial charge in [0.05, 0.1) is 6.10 Å². The molecule has 5 heteroatoms. The predicted octanol–water partition coefficient (Wildman–Crippen LogP) is 1.96. The lowest BCUT2D eigenvalue weighted by atomic mass is 9.46. The van der Waals surface area contributed by atoms with E-state index in [1.54, 1.807) is 12.2 Å². The van der Waals surface area contributed by atoms with E-state index in [4.69, 9.17) is 4.74 Å². The first kappa shape index (κ1) is 17.8. The molecule has 4 fully saturated rings. The Kier molecular flexibility index (Phi) is 3.29. The van der Waals surface area contributed by atoms with Crippen LogP contribution in [0.25, 0.3) is 0 Å². The van der Waals surface area contributed by atoms with E-state index in [0.29, 0.717) is 6.42 Å². The van der Waals surface area contributed by atoms with E-state index in [1.807, 2.05) is 19.9 Å². The maximum absolute atomic E-state index is 12.6. The number of epoxide rings is 1. The van der Waals surface area contributed by atoms with Gasteiger partial charge >= 0.3 is 0 Å². The van der Waals surface area contributed by atoms with E-state index >= 15 is 0 Å². The molecule has 3 saturated carbocycles. The van der Waals surface area contributed by atoms with Gasteiger partial charge in [0, 0.05) is 10.8 Å². The van der Waals surface area contributed by atoms with Crippen molar-refractivity contribution in [2.24, 2.45) is 28.6 Å². The quantitative estimate of drug-likeness (QED) is 0.724. The van der Waals surface area contributed by atoms with Gasteiger partial charge in [0.1, 0.15) is 17.8 Å². The summed E-state index contributed by atoms with van der Waals surface area (Å²) in [6, 6.07) is 0. The maximum Gasteiger partial charge on any atom is 0.190 e. The fraction of sp³-hybridized carbons (Fsp3) is 0.727. The highest BCUT2D eigenvalue weighted by atomic mass is 16.6. The second-order valence-electron chi connectivity index (χ2n) is 9.86. The minimum Gasteiger partial charge on any atom is -0.388 e. The van der Waals surface area contributed by atoms with Crippen LogP contribution < -0.4 is 0 Å². The van der Waals surface area contributed by atoms with Crippen molar-refractivity contribution < 1.29 is 24.5 Å². The Hall–Kier alpha value is -1.30. The summed E-state index contributed by atoms with van der Waals surface area (Å²) < 4.78 is 6.43. The molecular formula is C22H28O5. The molecule has 0 aromatic rings. The fourth-order valence-electron chi connectivity index (χ4n) is 7.70. The zero-order chi connectivity index (χ0) is 19.4. The van der Waals surface area contributed by atoms with Gasteiger partial charge in [-0.25, -0.2) is 0 Å². The van der Waals surface area contributed by atoms with Gasteiger partial charge < -0.3 is 14.9 Å². The number of rotatable bonds is 2. The number of allylic oxidation sites excluding steroid dienone is 2. The third-order valence-corrected chi connectivity index (χ3v) is 9.08. The van der Waals surface area contributed by atoms with Crippen LogP contribution in [0.2, 0.25) is 0 Å². The predicted molar refractivity (Wildman–Crippen MR) is 97.7 cm³/mol. The Morgan fingerprint density at radius 3 is 2.78 bits per heavy atom. The SMILES string of the molecule is C[C@H]1C[C@H]2[C@@H]3CCC4=CC(=O)C=C[C@]4(C)[C@@]34O[C@H]4C[C@]2(C)[C@@]1(O)C(=O)CO. The summed E-state index contributed by atoms with van der Waals surface area (Å²) >= 11 is 0. The van der Waals surface area contributed by atoms with Crippen molar-refractivity contribution in [2.75, 3.05) is 6.61 Å². The summed E-state index contributed by atoms with van der Waals surface area (Å²) in [5, 5.41) is 21.0. The van der Waals surface area contributed by atoms with E-state index in [0.717, 1.165) is 24.8 Å². The summed E-state index contributed by atoms with van der Waals surface area (Å²) in [5.74, 6) is -0.193. The van der Waals surface area contributed by atoms with Gasteiger partial charge in [-0.15, -0.1) is 0 Å². The first-order valence-electron chi connectivity index (χ1n) is 10.1. The number of aliphatic hydroxyl groups is 2. The van der Waals surface area contributed by atoms with Crippen LogP contribution >= 0.6 is 0 Å². The van der Waals surface area contributed by atoms with Gasteiger partial charge in [0.15, 0.2) is 11.6 Å². The molecule has 0 unspecified atom stereocenters. The molecule has 2 N–H and O–H groups in total. The highest BCUT2D eigenvalue weighted by Crippen LogP contribution is 2.76. The van der Waals surface area contributed by atoms with Crippen molar-refractivity contribution >= 4 is 11.6 Å². The van der Waals surface area contributed by atoms with E-state index in [2.05, 4.69) is 6.92 Å². The van der Waals surface area contributed by atoms with Crippen LogP contribution in [0.4, 0.5) is 0 Å². The summed E-state index contributed by atoms with van der Waals surface area (Å²) in [5.41, 5.74) is -1.55. The molecule has 0 aromatic heterocycles. The largest absolute Gasteiger partial charge is 0.388 e. The number of aliphatic hydroxyl groups excluding tert-OH is 1. The van der Waals surface area contributed by atoms with Crippen LogP contribution in [0.5, 0.6) is 0 Å². The minimum absolute atomic E-state index is 0.0291. The van der Waals surface area contributed by atoms with Crippen molar-refractivity contribution in [2.45, 2.75) is 63.8 Å². The monoisotopic (exact) mass is 372 g/mol. The van der Waals surface area contributed by atoms with Gasteiger partial charge in [-0.1, -0.05) is 25.5 Å². The molecule has 0 amide bonds. The molecule has 5 nitrogen and oxygen atoms in total. The van der Waals surface area contributed by atoms with Crippen LogP contribution in [0.15, 0.2) is 23.8 Å². The second kappa shape index (κ2) is 5.00. The van der Waals surface area contributed by atoms with Crippen LogP contribution in [0, 0.1) is 28.6 Å².